The van der Waals surface area contributed by atoms with Crippen LogP contribution < -0.4 is 5.32 Å². The zero-order valence-electron chi connectivity index (χ0n) is 17.7. The lowest BCUT2D eigenvalue weighted by atomic mass is 10.1. The van der Waals surface area contributed by atoms with Gasteiger partial charge in [0.2, 0.25) is 5.91 Å². The Balaban J connectivity index is 1.58. The maximum Gasteiger partial charge on any atom is 0.309 e. The van der Waals surface area contributed by atoms with Crippen LogP contribution in [0.3, 0.4) is 0 Å². The molecule has 4 aromatic rings. The molecule has 0 aliphatic carbocycles. The van der Waals surface area contributed by atoms with E-state index in [0.717, 1.165) is 28.7 Å². The maximum atomic E-state index is 12.8. The minimum Gasteiger partial charge on any atom is -0.350 e. The highest BCUT2D eigenvalue weighted by Crippen LogP contribution is 2.24. The number of carbonyl (C=O) groups excluding carboxylic acids is 1. The first-order valence-electron chi connectivity index (χ1n) is 10.1. The molecule has 0 aliphatic rings. The predicted molar refractivity (Wildman–Crippen MR) is 119 cm³/mol. The van der Waals surface area contributed by atoms with E-state index in [1.807, 2.05) is 66.9 Å². The molecule has 162 valence electrons. The maximum absolute atomic E-state index is 12.8. The molecule has 2 aromatic carbocycles. The van der Waals surface area contributed by atoms with Gasteiger partial charge in [-0.2, -0.15) is 10.2 Å². The Morgan fingerprint density at radius 2 is 1.78 bits per heavy atom. The quantitative estimate of drug-likeness (QED) is 0.354. The van der Waals surface area contributed by atoms with Crippen LogP contribution in [0.4, 0.5) is 5.69 Å². The summed E-state index contributed by atoms with van der Waals surface area (Å²) in [7, 11) is 0. The average Bonchev–Trinajstić information content (AvgIpc) is 3.42. The summed E-state index contributed by atoms with van der Waals surface area (Å²) in [6.07, 6.45) is 3.06. The number of hydrogen-bond donors (Lipinski definition) is 1. The molecular weight excluding hydrogens is 408 g/mol. The van der Waals surface area contributed by atoms with Crippen molar-refractivity contribution < 1.29 is 9.72 Å². The summed E-state index contributed by atoms with van der Waals surface area (Å²) in [6.45, 7) is 3.49. The number of carbonyl (C=O) groups is 1. The van der Waals surface area contributed by atoms with Crippen molar-refractivity contribution in [2.75, 3.05) is 0 Å². The van der Waals surface area contributed by atoms with Gasteiger partial charge in [0.1, 0.15) is 17.9 Å². The van der Waals surface area contributed by atoms with E-state index in [4.69, 9.17) is 5.10 Å². The summed E-state index contributed by atoms with van der Waals surface area (Å²) in [6, 6.07) is 18.8. The number of hydrogen-bond acceptors (Lipinski definition) is 5. The Morgan fingerprint density at radius 3 is 2.41 bits per heavy atom. The first-order valence-corrected chi connectivity index (χ1v) is 10.1. The summed E-state index contributed by atoms with van der Waals surface area (Å²) in [5, 5.41) is 22.7. The van der Waals surface area contributed by atoms with Crippen LogP contribution in [-0.4, -0.2) is 30.4 Å². The van der Waals surface area contributed by atoms with Crippen molar-refractivity contribution in [2.45, 2.75) is 26.4 Å². The van der Waals surface area contributed by atoms with Crippen LogP contribution in [0, 0.1) is 17.0 Å². The van der Waals surface area contributed by atoms with Crippen LogP contribution in [-0.2, 0) is 11.3 Å². The molecule has 1 atom stereocenters. The van der Waals surface area contributed by atoms with Crippen molar-refractivity contribution in [1.29, 1.82) is 0 Å². The van der Waals surface area contributed by atoms with Gasteiger partial charge in [-0.1, -0.05) is 48.5 Å². The summed E-state index contributed by atoms with van der Waals surface area (Å²) in [5.41, 5.74) is 3.70. The number of aromatic nitrogens is 4. The van der Waals surface area contributed by atoms with Gasteiger partial charge >= 0.3 is 5.69 Å². The summed E-state index contributed by atoms with van der Waals surface area (Å²) in [4.78, 5) is 23.4. The van der Waals surface area contributed by atoms with Crippen molar-refractivity contribution in [3.05, 3.63) is 94.4 Å². The standard InChI is InChI=1S/C23H22N6O3/c1-16-21(29(31)32)14-25-28(16)17(2)23(30)24-13-19-15-27(20-11-7-4-8-12-20)26-22(19)18-9-5-3-6-10-18/h3-12,14-15,17H,13H2,1-2H3,(H,24,30). The third-order valence-electron chi connectivity index (χ3n) is 5.27. The van der Waals surface area contributed by atoms with Gasteiger partial charge in [0.05, 0.1) is 16.3 Å². The summed E-state index contributed by atoms with van der Waals surface area (Å²) in [5.74, 6) is -0.294. The van der Waals surface area contributed by atoms with Gasteiger partial charge < -0.3 is 5.32 Å². The molecule has 0 radical (unpaired) electrons. The van der Waals surface area contributed by atoms with Gasteiger partial charge in [-0.3, -0.25) is 19.6 Å². The van der Waals surface area contributed by atoms with Gasteiger partial charge in [0.25, 0.3) is 0 Å². The van der Waals surface area contributed by atoms with Crippen LogP contribution in [0.1, 0.15) is 24.2 Å². The van der Waals surface area contributed by atoms with E-state index in [0.29, 0.717) is 5.69 Å². The average molecular weight is 430 g/mol. The Bertz CT molecular complexity index is 1250. The van der Waals surface area contributed by atoms with Crippen LogP contribution in [0.5, 0.6) is 0 Å². The SMILES string of the molecule is Cc1c([N+](=O)[O-])cnn1C(C)C(=O)NCc1cn(-c2ccccc2)nc1-c1ccccc1. The van der Waals surface area contributed by atoms with E-state index < -0.39 is 11.0 Å². The summed E-state index contributed by atoms with van der Waals surface area (Å²) < 4.78 is 3.15. The number of benzene rings is 2. The fraction of sp³-hybridized carbons (Fsp3) is 0.174. The number of amides is 1. The molecule has 2 heterocycles. The van der Waals surface area contributed by atoms with Gasteiger partial charge in [0, 0.05) is 23.9 Å². The molecule has 1 amide bonds. The Morgan fingerprint density at radius 1 is 1.12 bits per heavy atom. The third kappa shape index (κ3) is 4.13. The number of para-hydroxylation sites is 1. The molecule has 9 heteroatoms. The molecule has 0 aliphatic heterocycles. The number of nitrogens with one attached hydrogen (secondary N) is 1. The fourth-order valence-electron chi connectivity index (χ4n) is 3.52. The first-order chi connectivity index (χ1) is 15.5. The molecule has 0 saturated heterocycles. The Hall–Kier alpha value is -4.27. The van der Waals surface area contributed by atoms with Gasteiger partial charge in [-0.15, -0.1) is 0 Å². The van der Waals surface area contributed by atoms with Gasteiger partial charge in [-0.05, 0) is 26.0 Å². The van der Waals surface area contributed by atoms with Crippen molar-refractivity contribution in [1.82, 2.24) is 24.9 Å². The van der Waals surface area contributed by atoms with Crippen molar-refractivity contribution in [3.8, 4) is 16.9 Å². The number of rotatable bonds is 7. The lowest BCUT2D eigenvalue weighted by Crippen LogP contribution is -2.31. The molecule has 1 unspecified atom stereocenters. The van der Waals surface area contributed by atoms with Crippen LogP contribution >= 0.6 is 0 Å². The second-order valence-electron chi connectivity index (χ2n) is 7.36. The second-order valence-corrected chi connectivity index (χ2v) is 7.36. The highest BCUT2D eigenvalue weighted by atomic mass is 16.6. The van der Waals surface area contributed by atoms with E-state index in [2.05, 4.69) is 10.4 Å². The van der Waals surface area contributed by atoms with Crippen molar-refractivity contribution >= 4 is 11.6 Å². The minimum atomic E-state index is -0.701. The zero-order chi connectivity index (χ0) is 22.7. The second kappa shape index (κ2) is 8.84. The monoisotopic (exact) mass is 430 g/mol. The molecule has 9 nitrogen and oxygen atoms in total. The number of nitrogens with zero attached hydrogens (tertiary/aromatic N) is 5. The molecule has 2 aromatic heterocycles. The van der Waals surface area contributed by atoms with E-state index >= 15 is 0 Å². The first kappa shape index (κ1) is 21.0. The van der Waals surface area contributed by atoms with Gasteiger partial charge in [-0.25, -0.2) is 4.68 Å². The highest BCUT2D eigenvalue weighted by molar-refractivity contribution is 5.80. The Kier molecular flexibility index (Phi) is 5.80. The third-order valence-corrected chi connectivity index (χ3v) is 5.27. The van der Waals surface area contributed by atoms with E-state index in [9.17, 15) is 14.9 Å². The lowest BCUT2D eigenvalue weighted by Gasteiger charge is -2.14. The normalized spacial score (nSPS) is 11.8. The molecule has 1 N–H and O–H groups in total. The zero-order valence-corrected chi connectivity index (χ0v) is 17.7. The van der Waals surface area contributed by atoms with E-state index in [1.54, 1.807) is 18.5 Å². The molecular formula is C23H22N6O3. The van der Waals surface area contributed by atoms with Crippen LogP contribution in [0.15, 0.2) is 73.1 Å². The largest absolute Gasteiger partial charge is 0.350 e. The van der Waals surface area contributed by atoms with Crippen molar-refractivity contribution in [2.24, 2.45) is 0 Å². The molecule has 4 rings (SSSR count). The van der Waals surface area contributed by atoms with Crippen LogP contribution in [0.2, 0.25) is 0 Å². The molecule has 32 heavy (non-hydrogen) atoms. The lowest BCUT2D eigenvalue weighted by molar-refractivity contribution is -0.385. The molecule has 0 spiro atoms. The van der Waals surface area contributed by atoms with E-state index in [-0.39, 0.29) is 18.1 Å². The minimum absolute atomic E-state index is 0.111. The van der Waals surface area contributed by atoms with Crippen LogP contribution in [0.25, 0.3) is 16.9 Å². The number of nitro groups is 1. The molecule has 0 saturated carbocycles. The predicted octanol–water partition coefficient (Wildman–Crippen LogP) is 3.83. The highest BCUT2D eigenvalue weighted by Gasteiger charge is 2.24. The molecule has 0 fully saturated rings. The topological polar surface area (TPSA) is 108 Å². The van der Waals surface area contributed by atoms with Crippen molar-refractivity contribution in [3.63, 3.8) is 0 Å². The summed E-state index contributed by atoms with van der Waals surface area (Å²) >= 11 is 0. The molecule has 0 bridgehead atoms. The smallest absolute Gasteiger partial charge is 0.309 e. The van der Waals surface area contributed by atoms with Gasteiger partial charge in [0.15, 0.2) is 0 Å². The van der Waals surface area contributed by atoms with E-state index in [1.165, 1.54) is 4.68 Å². The fourth-order valence-corrected chi connectivity index (χ4v) is 3.52. The Labute approximate surface area is 184 Å².